The van der Waals surface area contributed by atoms with E-state index in [1.165, 1.54) is 11.1 Å². The number of benzene rings is 1. The van der Waals surface area contributed by atoms with E-state index in [0.717, 1.165) is 18.8 Å². The topological polar surface area (TPSA) is 49.4 Å². The van der Waals surface area contributed by atoms with Gasteiger partial charge in [-0.05, 0) is 43.7 Å². The molecule has 0 aliphatic carbocycles. The largest absolute Gasteiger partial charge is 0.367 e. The first kappa shape index (κ1) is 15.3. The molecule has 1 aliphatic heterocycles. The number of rotatable bonds is 4. The summed E-state index contributed by atoms with van der Waals surface area (Å²) in [6.45, 7) is 8.63. The van der Waals surface area contributed by atoms with Gasteiger partial charge in [-0.2, -0.15) is 0 Å². The van der Waals surface area contributed by atoms with Crippen molar-refractivity contribution in [2.24, 2.45) is 0 Å². The fourth-order valence-corrected chi connectivity index (χ4v) is 4.26. The molecule has 4 nitrogen and oxygen atoms in total. The highest BCUT2D eigenvalue weighted by atomic mass is 32.2. The second kappa shape index (κ2) is 6.14. The van der Waals surface area contributed by atoms with E-state index >= 15 is 0 Å². The lowest BCUT2D eigenvalue weighted by Crippen LogP contribution is -2.47. The van der Waals surface area contributed by atoms with Gasteiger partial charge in [0.15, 0.2) is 9.84 Å². The maximum absolute atomic E-state index is 11.6. The quantitative estimate of drug-likeness (QED) is 0.919. The van der Waals surface area contributed by atoms with Crippen LogP contribution < -0.4 is 10.2 Å². The van der Waals surface area contributed by atoms with E-state index in [1.807, 2.05) is 6.92 Å². The number of nitrogens with zero attached hydrogens (tertiary/aromatic N) is 1. The zero-order valence-corrected chi connectivity index (χ0v) is 13.3. The van der Waals surface area contributed by atoms with E-state index in [1.54, 1.807) is 0 Å². The first-order valence-corrected chi connectivity index (χ1v) is 9.02. The van der Waals surface area contributed by atoms with Gasteiger partial charge in [-0.25, -0.2) is 8.42 Å². The first-order valence-electron chi connectivity index (χ1n) is 7.20. The predicted octanol–water partition coefficient (Wildman–Crippen LogP) is 1.73. The van der Waals surface area contributed by atoms with Gasteiger partial charge < -0.3 is 10.2 Å². The standard InChI is InChI=1S/C15H24N2O2S/c1-4-16-10-14-5-6-15(9-12(14)2)17-7-8-20(18,19)11-13(17)3/h5-6,9,13,16H,4,7-8,10-11H2,1-3H3. The molecule has 1 unspecified atom stereocenters. The summed E-state index contributed by atoms with van der Waals surface area (Å²) in [5, 5.41) is 3.33. The van der Waals surface area contributed by atoms with E-state index in [4.69, 9.17) is 0 Å². The number of anilines is 1. The molecule has 1 saturated heterocycles. The SMILES string of the molecule is CCNCc1ccc(N2CCS(=O)(=O)CC2C)cc1C. The molecule has 1 fully saturated rings. The number of aryl methyl sites for hydroxylation is 1. The van der Waals surface area contributed by atoms with Gasteiger partial charge in [0.1, 0.15) is 0 Å². The van der Waals surface area contributed by atoms with Crippen LogP contribution in [0.5, 0.6) is 0 Å². The molecular formula is C15H24N2O2S. The molecule has 1 atom stereocenters. The molecule has 1 N–H and O–H groups in total. The van der Waals surface area contributed by atoms with Gasteiger partial charge in [-0.15, -0.1) is 0 Å². The predicted molar refractivity (Wildman–Crippen MR) is 84.0 cm³/mol. The molecule has 0 radical (unpaired) electrons. The van der Waals surface area contributed by atoms with Gasteiger partial charge in [-0.1, -0.05) is 13.0 Å². The van der Waals surface area contributed by atoms with E-state index in [0.29, 0.717) is 6.54 Å². The Bertz CT molecular complexity index is 569. The average molecular weight is 296 g/mol. The fourth-order valence-electron chi connectivity index (χ4n) is 2.70. The maximum atomic E-state index is 11.6. The van der Waals surface area contributed by atoms with E-state index in [-0.39, 0.29) is 17.5 Å². The van der Waals surface area contributed by atoms with Crippen LogP contribution in [0.15, 0.2) is 18.2 Å². The van der Waals surface area contributed by atoms with Crippen molar-refractivity contribution in [3.63, 3.8) is 0 Å². The Hall–Kier alpha value is -1.07. The third-order valence-electron chi connectivity index (χ3n) is 3.89. The van der Waals surface area contributed by atoms with E-state index in [9.17, 15) is 8.42 Å². The van der Waals surface area contributed by atoms with Gasteiger partial charge in [0.25, 0.3) is 0 Å². The van der Waals surface area contributed by atoms with Crippen molar-refractivity contribution in [3.05, 3.63) is 29.3 Å². The Kier molecular flexibility index (Phi) is 4.70. The average Bonchev–Trinajstić information content (AvgIpc) is 2.36. The summed E-state index contributed by atoms with van der Waals surface area (Å²) in [5.74, 6) is 0.515. The summed E-state index contributed by atoms with van der Waals surface area (Å²) in [7, 11) is -2.85. The Labute approximate surface area is 122 Å². The van der Waals surface area contributed by atoms with Crippen molar-refractivity contribution in [1.82, 2.24) is 5.32 Å². The minimum absolute atomic E-state index is 0.0489. The molecular weight excluding hydrogens is 272 g/mol. The molecule has 0 aromatic heterocycles. The van der Waals surface area contributed by atoms with Crippen molar-refractivity contribution >= 4 is 15.5 Å². The number of hydrogen-bond donors (Lipinski definition) is 1. The van der Waals surface area contributed by atoms with Crippen LogP contribution in [0.4, 0.5) is 5.69 Å². The molecule has 1 heterocycles. The third kappa shape index (κ3) is 3.52. The second-order valence-electron chi connectivity index (χ2n) is 5.55. The smallest absolute Gasteiger partial charge is 0.154 e. The molecule has 0 amide bonds. The monoisotopic (exact) mass is 296 g/mol. The van der Waals surface area contributed by atoms with Crippen molar-refractivity contribution < 1.29 is 8.42 Å². The minimum Gasteiger partial charge on any atom is -0.367 e. The highest BCUT2D eigenvalue weighted by molar-refractivity contribution is 7.91. The van der Waals surface area contributed by atoms with Gasteiger partial charge in [-0.3, -0.25) is 0 Å². The lowest BCUT2D eigenvalue weighted by Gasteiger charge is -2.35. The molecule has 2 rings (SSSR count). The summed E-state index contributed by atoms with van der Waals surface area (Å²) in [5.41, 5.74) is 3.68. The van der Waals surface area contributed by atoms with E-state index in [2.05, 4.69) is 42.3 Å². The Morgan fingerprint density at radius 2 is 2.15 bits per heavy atom. The molecule has 0 saturated carbocycles. The van der Waals surface area contributed by atoms with Gasteiger partial charge >= 0.3 is 0 Å². The van der Waals surface area contributed by atoms with Gasteiger partial charge in [0.05, 0.1) is 11.5 Å². The lowest BCUT2D eigenvalue weighted by atomic mass is 10.1. The van der Waals surface area contributed by atoms with Crippen LogP contribution in [0.25, 0.3) is 0 Å². The van der Waals surface area contributed by atoms with Crippen LogP contribution in [0, 0.1) is 6.92 Å². The highest BCUT2D eigenvalue weighted by Crippen LogP contribution is 2.24. The van der Waals surface area contributed by atoms with Crippen LogP contribution in [0.3, 0.4) is 0 Å². The van der Waals surface area contributed by atoms with Crippen molar-refractivity contribution in [1.29, 1.82) is 0 Å². The third-order valence-corrected chi connectivity index (χ3v) is 5.69. The summed E-state index contributed by atoms with van der Waals surface area (Å²) in [6.07, 6.45) is 0. The van der Waals surface area contributed by atoms with Crippen molar-refractivity contribution in [2.75, 3.05) is 29.5 Å². The molecule has 1 aliphatic rings. The maximum Gasteiger partial charge on any atom is 0.154 e. The van der Waals surface area contributed by atoms with Crippen LogP contribution in [-0.4, -0.2) is 39.1 Å². The molecule has 20 heavy (non-hydrogen) atoms. The second-order valence-corrected chi connectivity index (χ2v) is 7.78. The normalized spacial score (nSPS) is 21.9. The highest BCUT2D eigenvalue weighted by Gasteiger charge is 2.28. The Balaban J connectivity index is 2.15. The van der Waals surface area contributed by atoms with Crippen LogP contribution in [0.1, 0.15) is 25.0 Å². The van der Waals surface area contributed by atoms with Crippen LogP contribution >= 0.6 is 0 Å². The number of hydrogen-bond acceptors (Lipinski definition) is 4. The number of nitrogens with one attached hydrogen (secondary N) is 1. The number of sulfone groups is 1. The van der Waals surface area contributed by atoms with Gasteiger partial charge in [0, 0.05) is 24.8 Å². The zero-order chi connectivity index (χ0) is 14.8. The molecule has 112 valence electrons. The Morgan fingerprint density at radius 1 is 1.40 bits per heavy atom. The Morgan fingerprint density at radius 3 is 2.75 bits per heavy atom. The van der Waals surface area contributed by atoms with Crippen LogP contribution in [-0.2, 0) is 16.4 Å². The lowest BCUT2D eigenvalue weighted by molar-refractivity contribution is 0.568. The van der Waals surface area contributed by atoms with Gasteiger partial charge in [0.2, 0.25) is 0 Å². The van der Waals surface area contributed by atoms with Crippen LogP contribution in [0.2, 0.25) is 0 Å². The summed E-state index contributed by atoms with van der Waals surface area (Å²) >= 11 is 0. The molecule has 0 bridgehead atoms. The van der Waals surface area contributed by atoms with Crippen molar-refractivity contribution in [2.45, 2.75) is 33.4 Å². The molecule has 0 spiro atoms. The minimum atomic E-state index is -2.85. The zero-order valence-electron chi connectivity index (χ0n) is 12.5. The summed E-state index contributed by atoms with van der Waals surface area (Å²) in [4.78, 5) is 2.20. The molecule has 1 aromatic carbocycles. The van der Waals surface area contributed by atoms with E-state index < -0.39 is 9.84 Å². The fraction of sp³-hybridized carbons (Fsp3) is 0.600. The molecule has 1 aromatic rings. The summed E-state index contributed by atoms with van der Waals surface area (Å²) < 4.78 is 23.3. The first-order chi connectivity index (χ1) is 9.43. The molecule has 5 heteroatoms. The van der Waals surface area contributed by atoms with Crippen molar-refractivity contribution in [3.8, 4) is 0 Å². The summed E-state index contributed by atoms with van der Waals surface area (Å²) in [6, 6.07) is 6.46.